The molecule has 0 bridgehead atoms. The number of hydrogen-bond donors (Lipinski definition) is 7. The molecular weight excluding hydrogens is 1240 g/mol. The zero-order valence-corrected chi connectivity index (χ0v) is 56.6. The number of aryl methyl sites for hydroxylation is 2. The van der Waals surface area contributed by atoms with Gasteiger partial charge in [-0.25, -0.2) is 24.7 Å². The van der Waals surface area contributed by atoms with Crippen molar-refractivity contribution in [2.75, 3.05) is 85.9 Å². The molecule has 4 fully saturated rings. The average Bonchev–Trinajstić information content (AvgIpc) is 1.81. The SMILES string of the molecule is CC(=O)N1CCC(Nc2cc(C(=O)NC[C@@H](O)[C@@H]3Cc4ccc(OCc5ocnc5C)cc4CN3)nc(N3CCCC3)n2)CC1.CC(=O)N1CCC(Nc2cc(C(=O)NC[C@@H](O)[C@@H]3Cc4ccc(OCc5ocnc5C)cc4CN3C(=O)OC(C)(C)C)nc(N3CCCC3)n2)CC1. The number of amides is 5. The van der Waals surface area contributed by atoms with Crippen LogP contribution in [-0.4, -0.2) is 192 Å². The molecule has 0 aliphatic carbocycles. The highest BCUT2D eigenvalue weighted by molar-refractivity contribution is 5.94. The van der Waals surface area contributed by atoms with Crippen molar-refractivity contribution in [2.45, 2.75) is 181 Å². The molecule has 4 aromatic heterocycles. The minimum atomic E-state index is -1.11. The summed E-state index contributed by atoms with van der Waals surface area (Å²) in [4.78, 5) is 100. The van der Waals surface area contributed by atoms with Crippen LogP contribution >= 0.6 is 0 Å². The van der Waals surface area contributed by atoms with Crippen molar-refractivity contribution < 1.29 is 57.2 Å². The first-order valence-corrected chi connectivity index (χ1v) is 33.9. The van der Waals surface area contributed by atoms with Crippen LogP contribution in [0.3, 0.4) is 0 Å². The van der Waals surface area contributed by atoms with Gasteiger partial charge in [-0.15, -0.1) is 0 Å². The quantitative estimate of drug-likeness (QED) is 0.0460. The number of carbonyl (C=O) groups is 5. The highest BCUT2D eigenvalue weighted by atomic mass is 16.6. The van der Waals surface area contributed by atoms with Crippen LogP contribution in [0.25, 0.3) is 0 Å². The van der Waals surface area contributed by atoms with Crippen molar-refractivity contribution in [2.24, 2.45) is 0 Å². The van der Waals surface area contributed by atoms with Gasteiger partial charge >= 0.3 is 6.09 Å². The van der Waals surface area contributed by atoms with Gasteiger partial charge in [0.2, 0.25) is 23.7 Å². The summed E-state index contributed by atoms with van der Waals surface area (Å²) in [6, 6.07) is 14.3. The lowest BCUT2D eigenvalue weighted by atomic mass is 9.91. The fourth-order valence-corrected chi connectivity index (χ4v) is 13.0. The Bertz CT molecular complexity index is 3720. The van der Waals surface area contributed by atoms with E-state index in [0.29, 0.717) is 93.0 Å². The number of rotatable bonds is 20. The first kappa shape index (κ1) is 69.2. The number of anilines is 4. The summed E-state index contributed by atoms with van der Waals surface area (Å²) < 4.78 is 28.4. The minimum absolute atomic E-state index is 0.0681. The fraction of sp³-hybridized carbons (Fsp3) is 0.551. The maximum absolute atomic E-state index is 13.6. The molecule has 10 heterocycles. The third-order valence-electron chi connectivity index (χ3n) is 18.7. The average molecular weight is 1340 g/mol. The van der Waals surface area contributed by atoms with E-state index in [2.05, 4.69) is 56.3 Å². The zero-order valence-electron chi connectivity index (χ0n) is 56.6. The largest absolute Gasteiger partial charge is 0.486 e. The lowest BCUT2D eigenvalue weighted by Gasteiger charge is -2.40. The van der Waals surface area contributed by atoms with E-state index in [-0.39, 0.29) is 73.5 Å². The molecule has 7 N–H and O–H groups in total. The van der Waals surface area contributed by atoms with Crippen LogP contribution in [0, 0.1) is 13.8 Å². The van der Waals surface area contributed by atoms with Gasteiger partial charge < -0.3 is 79.4 Å². The standard InChI is InChI=1S/C37H50N8O7.C32H42N8O5/c1-23-32(51-22-39-23)21-50-28-9-8-25-17-30(45(20-26(25)16-28)36(49)52-37(3,4)5)31(47)19-38-34(48)29-18-33(42-35(41-29)44-12-6-7-13-44)40-27-10-14-43(15-11-27)24(2)46;1-20-29(45-19-35-20)18-44-25-6-5-22-14-26(33-16-23(22)13-25)28(42)17-34-31(43)27-15-30(38-32(37-27)40-9-3-4-10-40)36-24-7-11-39(12-8-24)21(2)41/h8-9,16,18,22,27,30-31,47H,6-7,10-15,17,19-21H2,1-5H3,(H,38,48)(H,40,41,42);5-6,13,15,19,24,26,28,33,42H,3-4,7-12,14,16-18H2,1-2H3,(H,34,43)(H,36,37,38)/t30-,31+;26-,28+/m00/s1. The molecule has 520 valence electrons. The van der Waals surface area contributed by atoms with E-state index in [1.807, 2.05) is 60.0 Å². The topological polar surface area (TPSA) is 333 Å². The van der Waals surface area contributed by atoms with Crippen LogP contribution in [0.2, 0.25) is 0 Å². The lowest BCUT2D eigenvalue weighted by molar-refractivity contribution is -0.130. The van der Waals surface area contributed by atoms with Gasteiger partial charge in [-0.05, 0) is 145 Å². The number of carbonyl (C=O) groups excluding carboxylic acids is 5. The smallest absolute Gasteiger partial charge is 0.410 e. The third-order valence-corrected chi connectivity index (χ3v) is 18.7. The number of aliphatic hydroxyl groups excluding tert-OH is 2. The zero-order chi connectivity index (χ0) is 68.3. The highest BCUT2D eigenvalue weighted by Crippen LogP contribution is 2.32. The second-order valence-corrected chi connectivity index (χ2v) is 26.9. The van der Waals surface area contributed by atoms with E-state index >= 15 is 0 Å². The molecule has 5 amide bonds. The molecule has 2 aromatic carbocycles. The molecule has 0 radical (unpaired) electrons. The van der Waals surface area contributed by atoms with Crippen LogP contribution < -0.4 is 45.9 Å². The number of nitrogens with one attached hydrogen (secondary N) is 5. The Morgan fingerprint density at radius 2 is 1.07 bits per heavy atom. The van der Waals surface area contributed by atoms with Crippen molar-refractivity contribution in [1.82, 2.24) is 60.6 Å². The van der Waals surface area contributed by atoms with E-state index in [0.717, 1.165) is 117 Å². The summed E-state index contributed by atoms with van der Waals surface area (Å²) in [5.41, 5.74) is 5.31. The van der Waals surface area contributed by atoms with E-state index in [1.165, 1.54) is 17.7 Å². The molecule has 0 spiro atoms. The third kappa shape index (κ3) is 18.3. The van der Waals surface area contributed by atoms with E-state index in [4.69, 9.17) is 33.0 Å². The molecule has 0 unspecified atom stereocenters. The van der Waals surface area contributed by atoms with E-state index in [9.17, 15) is 34.2 Å². The number of fused-ring (bicyclic) bond motifs is 2. The number of benzene rings is 2. The Labute approximate surface area is 565 Å². The molecule has 6 aliphatic rings. The monoisotopic (exact) mass is 1340 g/mol. The molecule has 28 nitrogen and oxygen atoms in total. The molecule has 6 aliphatic heterocycles. The van der Waals surface area contributed by atoms with Gasteiger partial charge in [0.15, 0.2) is 24.3 Å². The lowest BCUT2D eigenvalue weighted by Crippen LogP contribution is -2.54. The number of likely N-dealkylation sites (tertiary alicyclic amines) is 2. The van der Waals surface area contributed by atoms with Gasteiger partial charge in [-0.1, -0.05) is 12.1 Å². The first-order chi connectivity index (χ1) is 46.6. The maximum atomic E-state index is 13.6. The van der Waals surface area contributed by atoms with Crippen LogP contribution in [0.5, 0.6) is 11.5 Å². The maximum Gasteiger partial charge on any atom is 0.410 e. The molecular formula is C69H92N16O12. The molecule has 12 rings (SSSR count). The first-order valence-electron chi connectivity index (χ1n) is 33.9. The van der Waals surface area contributed by atoms with Gasteiger partial charge in [0, 0.05) is 123 Å². The van der Waals surface area contributed by atoms with Crippen molar-refractivity contribution in [3.05, 3.63) is 118 Å². The second-order valence-electron chi connectivity index (χ2n) is 26.9. The van der Waals surface area contributed by atoms with Gasteiger partial charge in [-0.2, -0.15) is 9.97 Å². The Hall–Kier alpha value is -9.15. The van der Waals surface area contributed by atoms with Crippen LogP contribution in [0.4, 0.5) is 28.3 Å². The Balaban J connectivity index is 0.000000199. The summed E-state index contributed by atoms with van der Waals surface area (Å²) in [5, 5.41) is 38.7. The molecule has 0 saturated carbocycles. The summed E-state index contributed by atoms with van der Waals surface area (Å²) >= 11 is 0. The Morgan fingerprint density at radius 3 is 1.53 bits per heavy atom. The fourth-order valence-electron chi connectivity index (χ4n) is 13.0. The van der Waals surface area contributed by atoms with Crippen molar-refractivity contribution in [3.8, 4) is 11.5 Å². The Kier molecular flexibility index (Phi) is 22.4. The molecule has 6 aromatic rings. The normalized spacial score (nSPS) is 18.8. The number of hydrogen-bond acceptors (Lipinski definition) is 23. The Morgan fingerprint density at radius 1 is 0.608 bits per heavy atom. The van der Waals surface area contributed by atoms with Gasteiger partial charge in [0.05, 0.1) is 29.6 Å². The van der Waals surface area contributed by atoms with Gasteiger partial charge in [-0.3, -0.25) is 24.1 Å². The molecule has 4 saturated heterocycles. The van der Waals surface area contributed by atoms with Gasteiger partial charge in [0.1, 0.15) is 53.3 Å². The van der Waals surface area contributed by atoms with Crippen molar-refractivity contribution in [1.29, 1.82) is 0 Å². The number of aliphatic hydroxyl groups is 2. The molecule has 97 heavy (non-hydrogen) atoms. The predicted octanol–water partition coefficient (Wildman–Crippen LogP) is 6.01. The summed E-state index contributed by atoms with van der Waals surface area (Å²) in [7, 11) is 0. The predicted molar refractivity (Wildman–Crippen MR) is 359 cm³/mol. The number of nitrogens with zero attached hydrogens (tertiary/aromatic N) is 11. The van der Waals surface area contributed by atoms with Crippen molar-refractivity contribution in [3.63, 3.8) is 0 Å². The summed E-state index contributed by atoms with van der Waals surface area (Å²) in [6.07, 6.45) is 8.62. The summed E-state index contributed by atoms with van der Waals surface area (Å²) in [6.45, 7) is 19.6. The van der Waals surface area contributed by atoms with Crippen molar-refractivity contribution >= 4 is 53.3 Å². The number of oxazole rings is 2. The number of aromatic nitrogens is 6. The van der Waals surface area contributed by atoms with Gasteiger partial charge in [0.25, 0.3) is 11.8 Å². The molecule has 28 heteroatoms. The second kappa shape index (κ2) is 31.4. The molecule has 4 atom stereocenters. The van der Waals surface area contributed by atoms with E-state index in [1.54, 1.807) is 46.8 Å². The number of ether oxygens (including phenoxy) is 3. The minimum Gasteiger partial charge on any atom is -0.486 e. The van der Waals surface area contributed by atoms with Crippen LogP contribution in [0.15, 0.2) is 70.2 Å². The van der Waals surface area contributed by atoms with Crippen LogP contribution in [0.1, 0.15) is 152 Å². The highest BCUT2D eigenvalue weighted by Gasteiger charge is 2.38. The summed E-state index contributed by atoms with van der Waals surface area (Å²) in [5.74, 6) is 4.19. The van der Waals surface area contributed by atoms with E-state index < -0.39 is 35.9 Å². The van der Waals surface area contributed by atoms with Crippen LogP contribution in [-0.2, 0) is 53.5 Å². The number of piperidine rings is 2.